The van der Waals surface area contributed by atoms with Crippen molar-refractivity contribution in [3.8, 4) is 0 Å². The smallest absolute Gasteiger partial charge is 0.123 e. The first-order chi connectivity index (χ1) is 8.67. The molecule has 0 saturated carbocycles. The van der Waals surface area contributed by atoms with Gasteiger partial charge in [-0.25, -0.2) is 4.39 Å². The maximum Gasteiger partial charge on any atom is 0.123 e. The van der Waals surface area contributed by atoms with Crippen LogP contribution in [0.1, 0.15) is 11.7 Å². The Morgan fingerprint density at radius 2 is 1.94 bits per heavy atom. The molecule has 18 heavy (non-hydrogen) atoms. The zero-order chi connectivity index (χ0) is 13.4. The van der Waals surface area contributed by atoms with Crippen molar-refractivity contribution >= 4 is 0 Å². The van der Waals surface area contributed by atoms with Gasteiger partial charge >= 0.3 is 0 Å². The van der Waals surface area contributed by atoms with Gasteiger partial charge < -0.3 is 14.9 Å². The van der Waals surface area contributed by atoms with Crippen LogP contribution >= 0.6 is 0 Å². The molecule has 0 amide bonds. The van der Waals surface area contributed by atoms with Gasteiger partial charge in [-0.15, -0.1) is 0 Å². The summed E-state index contributed by atoms with van der Waals surface area (Å²) in [6.45, 7) is 2.06. The summed E-state index contributed by atoms with van der Waals surface area (Å²) in [5.74, 6) is -0.322. The first-order valence-corrected chi connectivity index (χ1v) is 5.93. The van der Waals surface area contributed by atoms with Crippen molar-refractivity contribution in [2.45, 2.75) is 6.10 Å². The second kappa shape index (κ2) is 8.16. The number of nitrogens with zero attached hydrogens (tertiary/aromatic N) is 1. The molecule has 5 heteroatoms. The van der Waals surface area contributed by atoms with Gasteiger partial charge in [0.2, 0.25) is 0 Å². The number of methoxy groups -OCH3 is 1. The van der Waals surface area contributed by atoms with Crippen LogP contribution in [0.15, 0.2) is 24.3 Å². The molecule has 4 nitrogen and oxygen atoms in total. The second-order valence-corrected chi connectivity index (χ2v) is 4.08. The summed E-state index contributed by atoms with van der Waals surface area (Å²) in [4.78, 5) is 1.90. The first-order valence-electron chi connectivity index (χ1n) is 5.93. The molecule has 0 radical (unpaired) electrons. The summed E-state index contributed by atoms with van der Waals surface area (Å²) < 4.78 is 17.7. The van der Waals surface area contributed by atoms with Crippen LogP contribution in [-0.4, -0.2) is 55.1 Å². The molecule has 0 aliphatic carbocycles. The van der Waals surface area contributed by atoms with Crippen molar-refractivity contribution in [2.24, 2.45) is 0 Å². The fourth-order valence-electron chi connectivity index (χ4n) is 1.69. The van der Waals surface area contributed by atoms with E-state index in [1.165, 1.54) is 12.1 Å². The summed E-state index contributed by atoms with van der Waals surface area (Å²) in [6.07, 6.45) is -0.700. The van der Waals surface area contributed by atoms with Gasteiger partial charge in [0.1, 0.15) is 5.82 Å². The molecule has 2 N–H and O–H groups in total. The van der Waals surface area contributed by atoms with E-state index in [2.05, 4.69) is 0 Å². The highest BCUT2D eigenvalue weighted by Gasteiger charge is 2.13. The highest BCUT2D eigenvalue weighted by Crippen LogP contribution is 2.14. The van der Waals surface area contributed by atoms with Gasteiger partial charge in [0.25, 0.3) is 0 Å². The Morgan fingerprint density at radius 3 is 2.50 bits per heavy atom. The molecule has 0 bridgehead atoms. The van der Waals surface area contributed by atoms with Crippen molar-refractivity contribution < 1.29 is 19.3 Å². The van der Waals surface area contributed by atoms with Crippen molar-refractivity contribution in [3.63, 3.8) is 0 Å². The van der Waals surface area contributed by atoms with E-state index < -0.39 is 6.10 Å². The number of rotatable bonds is 8. The van der Waals surface area contributed by atoms with Gasteiger partial charge in [0.15, 0.2) is 0 Å². The first kappa shape index (κ1) is 15.0. The minimum absolute atomic E-state index is 0.0276. The topological polar surface area (TPSA) is 52.9 Å². The third kappa shape index (κ3) is 5.10. The minimum Gasteiger partial charge on any atom is -0.395 e. The molecule has 0 fully saturated rings. The quantitative estimate of drug-likeness (QED) is 0.723. The molecular weight excluding hydrogens is 237 g/mol. The molecule has 1 aromatic rings. The largest absolute Gasteiger partial charge is 0.395 e. The number of hydrogen-bond donors (Lipinski definition) is 2. The van der Waals surface area contributed by atoms with Crippen LogP contribution in [0.4, 0.5) is 4.39 Å². The molecule has 0 aliphatic heterocycles. The van der Waals surface area contributed by atoms with Crippen molar-refractivity contribution in [1.29, 1.82) is 0 Å². The highest BCUT2D eigenvalue weighted by atomic mass is 19.1. The van der Waals surface area contributed by atoms with Crippen LogP contribution in [-0.2, 0) is 4.74 Å². The molecule has 1 unspecified atom stereocenters. The normalized spacial score (nSPS) is 12.9. The maximum absolute atomic E-state index is 12.8. The molecular formula is C13H20FNO3. The molecule has 0 heterocycles. The molecule has 1 atom stereocenters. The van der Waals surface area contributed by atoms with Crippen molar-refractivity contribution in [1.82, 2.24) is 4.90 Å². The van der Waals surface area contributed by atoms with Gasteiger partial charge in [0.05, 0.1) is 19.3 Å². The molecule has 0 spiro atoms. The number of aliphatic hydroxyl groups excluding tert-OH is 2. The summed E-state index contributed by atoms with van der Waals surface area (Å²) in [7, 11) is 1.60. The fourth-order valence-corrected chi connectivity index (χ4v) is 1.69. The van der Waals surface area contributed by atoms with Crippen LogP contribution in [0, 0.1) is 5.82 Å². The Kier molecular flexibility index (Phi) is 6.82. The Balaban J connectivity index is 2.53. The number of aliphatic hydroxyl groups is 2. The number of ether oxygens (including phenoxy) is 1. The average Bonchev–Trinajstić information content (AvgIpc) is 2.37. The summed E-state index contributed by atoms with van der Waals surface area (Å²) >= 11 is 0. The predicted molar refractivity (Wildman–Crippen MR) is 66.8 cm³/mol. The number of hydrogen-bond acceptors (Lipinski definition) is 4. The zero-order valence-corrected chi connectivity index (χ0v) is 10.6. The SMILES string of the molecule is COCCN(CCO)CC(O)c1ccc(F)cc1. The molecule has 0 saturated heterocycles. The third-order valence-electron chi connectivity index (χ3n) is 2.71. The summed E-state index contributed by atoms with van der Waals surface area (Å²) in [5.41, 5.74) is 0.664. The van der Waals surface area contributed by atoms with E-state index in [4.69, 9.17) is 9.84 Å². The minimum atomic E-state index is -0.700. The van der Waals surface area contributed by atoms with Gasteiger partial charge in [-0.05, 0) is 17.7 Å². The van der Waals surface area contributed by atoms with Gasteiger partial charge in [0, 0.05) is 26.7 Å². The van der Waals surface area contributed by atoms with Gasteiger partial charge in [-0.2, -0.15) is 0 Å². The lowest BCUT2D eigenvalue weighted by molar-refractivity contribution is 0.0778. The lowest BCUT2D eigenvalue weighted by Gasteiger charge is -2.24. The summed E-state index contributed by atoms with van der Waals surface area (Å²) in [6, 6.07) is 5.77. The summed E-state index contributed by atoms with van der Waals surface area (Å²) in [5, 5.41) is 19.0. The van der Waals surface area contributed by atoms with E-state index in [0.29, 0.717) is 31.8 Å². The lowest BCUT2D eigenvalue weighted by Crippen LogP contribution is -2.34. The molecule has 1 aromatic carbocycles. The van der Waals surface area contributed by atoms with Crippen LogP contribution in [0.25, 0.3) is 0 Å². The van der Waals surface area contributed by atoms with Crippen molar-refractivity contribution in [3.05, 3.63) is 35.6 Å². The number of halogens is 1. The Bertz CT molecular complexity index is 332. The van der Waals surface area contributed by atoms with Crippen molar-refractivity contribution in [2.75, 3.05) is 40.0 Å². The monoisotopic (exact) mass is 257 g/mol. The third-order valence-corrected chi connectivity index (χ3v) is 2.71. The molecule has 0 aliphatic rings. The highest BCUT2D eigenvalue weighted by molar-refractivity contribution is 5.18. The molecule has 0 aromatic heterocycles. The van der Waals surface area contributed by atoms with Crippen LogP contribution < -0.4 is 0 Å². The second-order valence-electron chi connectivity index (χ2n) is 4.08. The molecule has 1 rings (SSSR count). The lowest BCUT2D eigenvalue weighted by atomic mass is 10.1. The van der Waals surface area contributed by atoms with E-state index in [1.807, 2.05) is 4.90 Å². The standard InChI is InChI=1S/C13H20FNO3/c1-18-9-7-15(6-8-16)10-13(17)11-2-4-12(14)5-3-11/h2-5,13,16-17H,6-10H2,1H3. The van der Waals surface area contributed by atoms with E-state index in [1.54, 1.807) is 19.2 Å². The van der Waals surface area contributed by atoms with Crippen LogP contribution in [0.3, 0.4) is 0 Å². The van der Waals surface area contributed by atoms with E-state index in [-0.39, 0.29) is 12.4 Å². The van der Waals surface area contributed by atoms with E-state index in [9.17, 15) is 9.50 Å². The van der Waals surface area contributed by atoms with Gasteiger partial charge in [-0.1, -0.05) is 12.1 Å². The zero-order valence-electron chi connectivity index (χ0n) is 10.6. The van der Waals surface area contributed by atoms with Crippen LogP contribution in [0.5, 0.6) is 0 Å². The molecule has 102 valence electrons. The number of benzene rings is 1. The Labute approximate surface area is 107 Å². The average molecular weight is 257 g/mol. The fraction of sp³-hybridized carbons (Fsp3) is 0.538. The van der Waals surface area contributed by atoms with Crippen LogP contribution in [0.2, 0.25) is 0 Å². The predicted octanol–water partition coefficient (Wildman–Crippen LogP) is 0.800. The Hall–Kier alpha value is -1.01. The maximum atomic E-state index is 12.8. The van der Waals surface area contributed by atoms with E-state index in [0.717, 1.165) is 0 Å². The van der Waals surface area contributed by atoms with Gasteiger partial charge in [-0.3, -0.25) is 4.90 Å². The Morgan fingerprint density at radius 1 is 1.28 bits per heavy atom. The van der Waals surface area contributed by atoms with E-state index >= 15 is 0 Å².